The highest BCUT2D eigenvalue weighted by atomic mass is 127. The Hall–Kier alpha value is -1.55. The molecule has 138 valence electrons. The molecule has 1 unspecified atom stereocenters. The zero-order valence-electron chi connectivity index (χ0n) is 14.9. The van der Waals surface area contributed by atoms with E-state index in [9.17, 15) is 0 Å². The average molecular weight is 476 g/mol. The van der Waals surface area contributed by atoms with Crippen molar-refractivity contribution in [2.24, 2.45) is 4.99 Å². The Kier molecular flexibility index (Phi) is 9.58. The van der Waals surface area contributed by atoms with Gasteiger partial charge >= 0.3 is 0 Å². The van der Waals surface area contributed by atoms with E-state index >= 15 is 0 Å². The van der Waals surface area contributed by atoms with Gasteiger partial charge in [-0.15, -0.1) is 35.3 Å². The van der Waals surface area contributed by atoms with Crippen LogP contribution in [0.2, 0.25) is 0 Å². The molecule has 0 saturated carbocycles. The van der Waals surface area contributed by atoms with E-state index in [1.54, 1.807) is 25.5 Å². The van der Waals surface area contributed by atoms with Crippen molar-refractivity contribution in [3.63, 3.8) is 0 Å². The fourth-order valence-electron chi connectivity index (χ4n) is 2.07. The summed E-state index contributed by atoms with van der Waals surface area (Å²) in [5, 5.41) is 7.60. The van der Waals surface area contributed by atoms with Crippen LogP contribution in [-0.2, 0) is 6.54 Å². The van der Waals surface area contributed by atoms with Gasteiger partial charge in [-0.2, -0.15) is 0 Å². The summed E-state index contributed by atoms with van der Waals surface area (Å²) in [6.07, 6.45) is 1.87. The monoisotopic (exact) mass is 476 g/mol. The number of ether oxygens (including phenoxy) is 2. The second-order valence-electron chi connectivity index (χ2n) is 5.26. The molecule has 0 bridgehead atoms. The second kappa shape index (κ2) is 11.1. The van der Waals surface area contributed by atoms with Gasteiger partial charge in [-0.05, 0) is 26.0 Å². The number of thiazole rings is 1. The molecule has 0 radical (unpaired) electrons. The lowest BCUT2D eigenvalue weighted by Gasteiger charge is -2.18. The van der Waals surface area contributed by atoms with Crippen LogP contribution in [0.25, 0.3) is 0 Å². The van der Waals surface area contributed by atoms with E-state index in [0.717, 1.165) is 22.5 Å². The summed E-state index contributed by atoms with van der Waals surface area (Å²) >= 11 is 1.68. The third-order valence-electron chi connectivity index (χ3n) is 3.26. The van der Waals surface area contributed by atoms with Crippen LogP contribution in [0.3, 0.4) is 0 Å². The summed E-state index contributed by atoms with van der Waals surface area (Å²) in [6, 6.07) is 7.59. The zero-order valence-corrected chi connectivity index (χ0v) is 18.1. The van der Waals surface area contributed by atoms with Gasteiger partial charge in [0.1, 0.15) is 17.6 Å². The van der Waals surface area contributed by atoms with Crippen molar-refractivity contribution in [3.8, 4) is 11.5 Å². The third kappa shape index (κ3) is 7.47. The summed E-state index contributed by atoms with van der Waals surface area (Å²) in [4.78, 5) is 9.64. The first-order valence-electron chi connectivity index (χ1n) is 7.77. The molecule has 8 heteroatoms. The van der Waals surface area contributed by atoms with Crippen LogP contribution in [0.15, 0.2) is 35.5 Å². The lowest BCUT2D eigenvalue weighted by Crippen LogP contribution is -2.41. The maximum atomic E-state index is 5.88. The van der Waals surface area contributed by atoms with Gasteiger partial charge in [0.2, 0.25) is 0 Å². The molecule has 0 spiro atoms. The molecule has 25 heavy (non-hydrogen) atoms. The van der Waals surface area contributed by atoms with Crippen molar-refractivity contribution in [1.29, 1.82) is 0 Å². The first-order chi connectivity index (χ1) is 11.6. The number of aryl methyl sites for hydroxylation is 1. The molecule has 0 fully saturated rings. The Labute approximate surface area is 170 Å². The summed E-state index contributed by atoms with van der Waals surface area (Å²) < 4.78 is 11.1. The minimum absolute atomic E-state index is 0. The quantitative estimate of drug-likeness (QED) is 0.365. The number of nitrogens with one attached hydrogen (secondary N) is 2. The van der Waals surface area contributed by atoms with Gasteiger partial charge in [-0.3, -0.25) is 4.99 Å². The molecular weight excluding hydrogens is 451 g/mol. The molecule has 1 aromatic heterocycles. The molecule has 0 aliphatic heterocycles. The van der Waals surface area contributed by atoms with Gasteiger partial charge in [0.05, 0.1) is 25.2 Å². The van der Waals surface area contributed by atoms with E-state index in [1.807, 2.05) is 44.3 Å². The number of benzene rings is 1. The number of nitrogens with zero attached hydrogens (tertiary/aromatic N) is 2. The van der Waals surface area contributed by atoms with Crippen molar-refractivity contribution in [2.45, 2.75) is 26.5 Å². The number of guanidine groups is 1. The number of methoxy groups -OCH3 is 1. The first-order valence-corrected chi connectivity index (χ1v) is 8.59. The molecule has 0 aliphatic rings. The van der Waals surface area contributed by atoms with Crippen molar-refractivity contribution in [2.75, 3.05) is 20.7 Å². The standard InChI is InChI=1S/C17H24N4O2S.HI/c1-12(23-15-7-5-6-14(8-15)22-4)9-20-17(18-3)21-11-16-10-19-13(2)24-16;/h5-8,10,12H,9,11H2,1-4H3,(H2,18,20,21);1H. The van der Waals surface area contributed by atoms with Crippen molar-refractivity contribution < 1.29 is 9.47 Å². The minimum atomic E-state index is -0.0127. The molecule has 0 aliphatic carbocycles. The lowest BCUT2D eigenvalue weighted by molar-refractivity contribution is 0.223. The van der Waals surface area contributed by atoms with Gasteiger partial charge in [0, 0.05) is 24.2 Å². The van der Waals surface area contributed by atoms with Gasteiger partial charge < -0.3 is 20.1 Å². The molecule has 1 atom stereocenters. The SMILES string of the molecule is CN=C(NCc1cnc(C)s1)NCC(C)Oc1cccc(OC)c1.I. The Bertz CT molecular complexity index is 678. The van der Waals surface area contributed by atoms with Crippen LogP contribution in [0, 0.1) is 6.92 Å². The molecular formula is C17H25IN4O2S. The topological polar surface area (TPSA) is 67.8 Å². The Balaban J connectivity index is 0.00000312. The number of rotatable bonds is 7. The fourth-order valence-corrected chi connectivity index (χ4v) is 2.80. The Morgan fingerprint density at radius 2 is 2.08 bits per heavy atom. The van der Waals surface area contributed by atoms with Gasteiger partial charge in [0.15, 0.2) is 5.96 Å². The normalized spacial score (nSPS) is 12.1. The number of hydrogen-bond acceptors (Lipinski definition) is 5. The predicted octanol–water partition coefficient (Wildman–Crippen LogP) is 3.21. The largest absolute Gasteiger partial charge is 0.497 e. The van der Waals surface area contributed by atoms with Crippen molar-refractivity contribution >= 4 is 41.3 Å². The molecule has 2 aromatic rings. The summed E-state index contributed by atoms with van der Waals surface area (Å²) in [7, 11) is 3.39. The van der Waals surface area contributed by atoms with Crippen LogP contribution in [0.1, 0.15) is 16.8 Å². The number of aliphatic imine (C=N–C) groups is 1. The number of halogens is 1. The van der Waals surface area contributed by atoms with Crippen molar-refractivity contribution in [1.82, 2.24) is 15.6 Å². The predicted molar refractivity (Wildman–Crippen MR) is 114 cm³/mol. The van der Waals surface area contributed by atoms with E-state index in [-0.39, 0.29) is 30.1 Å². The lowest BCUT2D eigenvalue weighted by atomic mass is 10.3. The minimum Gasteiger partial charge on any atom is -0.497 e. The highest BCUT2D eigenvalue weighted by molar-refractivity contribution is 14.0. The molecule has 6 nitrogen and oxygen atoms in total. The summed E-state index contributed by atoms with van der Waals surface area (Å²) in [5.74, 6) is 2.30. The average Bonchev–Trinajstić information content (AvgIpc) is 3.00. The fraction of sp³-hybridized carbons (Fsp3) is 0.412. The number of aromatic nitrogens is 1. The van der Waals surface area contributed by atoms with Crippen LogP contribution in [0.5, 0.6) is 11.5 Å². The molecule has 2 N–H and O–H groups in total. The smallest absolute Gasteiger partial charge is 0.191 e. The molecule has 1 aromatic carbocycles. The maximum Gasteiger partial charge on any atom is 0.191 e. The second-order valence-corrected chi connectivity index (χ2v) is 6.58. The van der Waals surface area contributed by atoms with E-state index in [4.69, 9.17) is 9.47 Å². The molecule has 0 amide bonds. The van der Waals surface area contributed by atoms with Crippen LogP contribution >= 0.6 is 35.3 Å². The number of hydrogen-bond donors (Lipinski definition) is 2. The molecule has 2 rings (SSSR count). The van der Waals surface area contributed by atoms with Crippen molar-refractivity contribution in [3.05, 3.63) is 40.3 Å². The van der Waals surface area contributed by atoms with E-state index in [0.29, 0.717) is 13.1 Å². The van der Waals surface area contributed by atoms with E-state index in [1.165, 1.54) is 4.88 Å². The highest BCUT2D eigenvalue weighted by Crippen LogP contribution is 2.19. The third-order valence-corrected chi connectivity index (χ3v) is 4.17. The summed E-state index contributed by atoms with van der Waals surface area (Å²) in [6.45, 7) is 5.35. The van der Waals surface area contributed by atoms with E-state index in [2.05, 4.69) is 20.6 Å². The van der Waals surface area contributed by atoms with Gasteiger partial charge in [-0.25, -0.2) is 4.98 Å². The maximum absolute atomic E-state index is 5.88. The van der Waals surface area contributed by atoms with Gasteiger partial charge in [-0.1, -0.05) is 6.07 Å². The van der Waals surface area contributed by atoms with Crippen LogP contribution < -0.4 is 20.1 Å². The Morgan fingerprint density at radius 3 is 2.72 bits per heavy atom. The van der Waals surface area contributed by atoms with Crippen LogP contribution in [-0.4, -0.2) is 37.7 Å². The van der Waals surface area contributed by atoms with Crippen LogP contribution in [0.4, 0.5) is 0 Å². The first kappa shape index (κ1) is 21.5. The highest BCUT2D eigenvalue weighted by Gasteiger charge is 2.07. The zero-order chi connectivity index (χ0) is 17.4. The van der Waals surface area contributed by atoms with Gasteiger partial charge in [0.25, 0.3) is 0 Å². The molecule has 0 saturated heterocycles. The van der Waals surface area contributed by atoms with E-state index < -0.39 is 0 Å². The Morgan fingerprint density at radius 1 is 1.32 bits per heavy atom. The summed E-state index contributed by atoms with van der Waals surface area (Å²) in [5.41, 5.74) is 0. The molecule has 1 heterocycles.